The third-order valence-electron chi connectivity index (χ3n) is 3.18. The van der Waals surface area contributed by atoms with Crippen molar-refractivity contribution in [2.75, 3.05) is 23.8 Å². The van der Waals surface area contributed by atoms with Gasteiger partial charge in [0.2, 0.25) is 0 Å². The SMILES string of the molecule is N#Cc1nc2c(cc1N)OC[C@@H]1CCCN21. The van der Waals surface area contributed by atoms with E-state index in [2.05, 4.69) is 9.88 Å². The van der Waals surface area contributed by atoms with Crippen molar-refractivity contribution >= 4 is 11.5 Å². The van der Waals surface area contributed by atoms with E-state index in [0.29, 0.717) is 24.1 Å². The monoisotopic (exact) mass is 216 g/mol. The van der Waals surface area contributed by atoms with Gasteiger partial charge in [-0.2, -0.15) is 5.26 Å². The first kappa shape index (κ1) is 9.28. The second-order valence-electron chi connectivity index (χ2n) is 4.16. The fourth-order valence-corrected chi connectivity index (χ4v) is 2.38. The van der Waals surface area contributed by atoms with Gasteiger partial charge in [-0.15, -0.1) is 0 Å². The fraction of sp³-hybridized carbons (Fsp3) is 0.455. The van der Waals surface area contributed by atoms with Crippen molar-refractivity contribution in [3.63, 3.8) is 0 Å². The summed E-state index contributed by atoms with van der Waals surface area (Å²) in [6, 6.07) is 4.12. The number of rotatable bonds is 0. The Morgan fingerprint density at radius 1 is 1.62 bits per heavy atom. The van der Waals surface area contributed by atoms with Crippen LogP contribution in [0.3, 0.4) is 0 Å². The van der Waals surface area contributed by atoms with Crippen molar-refractivity contribution in [3.05, 3.63) is 11.8 Å². The standard InChI is InChI=1S/C11H12N4O/c12-5-9-8(13)4-10-11(14-9)15-3-1-2-7(15)6-16-10/h4,7H,1-3,6,13H2/t7-/m0/s1. The Balaban J connectivity index is 2.11. The van der Waals surface area contributed by atoms with E-state index in [0.717, 1.165) is 25.2 Å². The number of nitriles is 1. The number of hydrogen-bond acceptors (Lipinski definition) is 5. The van der Waals surface area contributed by atoms with E-state index in [-0.39, 0.29) is 5.69 Å². The maximum Gasteiger partial charge on any atom is 0.173 e. The summed E-state index contributed by atoms with van der Waals surface area (Å²) in [5.41, 5.74) is 6.38. The number of nitrogens with two attached hydrogens (primary N) is 1. The molecule has 0 aromatic carbocycles. The molecule has 2 aliphatic heterocycles. The number of nitrogens with zero attached hydrogens (tertiary/aromatic N) is 3. The van der Waals surface area contributed by atoms with E-state index in [1.54, 1.807) is 6.07 Å². The molecule has 3 heterocycles. The molecule has 2 N–H and O–H groups in total. The first-order chi connectivity index (χ1) is 7.79. The Kier molecular flexibility index (Phi) is 1.90. The van der Waals surface area contributed by atoms with Crippen LogP contribution in [0, 0.1) is 11.3 Å². The molecule has 0 bridgehead atoms. The molecule has 16 heavy (non-hydrogen) atoms. The molecule has 1 aromatic heterocycles. The predicted octanol–water partition coefficient (Wildman–Crippen LogP) is 0.897. The lowest BCUT2D eigenvalue weighted by molar-refractivity contribution is 0.270. The highest BCUT2D eigenvalue weighted by Crippen LogP contribution is 2.37. The largest absolute Gasteiger partial charge is 0.487 e. The zero-order valence-corrected chi connectivity index (χ0v) is 8.81. The highest BCUT2D eigenvalue weighted by atomic mass is 16.5. The minimum absolute atomic E-state index is 0.287. The van der Waals surface area contributed by atoms with E-state index in [1.165, 1.54) is 0 Å². The van der Waals surface area contributed by atoms with Gasteiger partial charge < -0.3 is 15.4 Å². The maximum absolute atomic E-state index is 8.91. The molecule has 1 fully saturated rings. The Morgan fingerprint density at radius 2 is 2.50 bits per heavy atom. The summed E-state index contributed by atoms with van der Waals surface area (Å²) >= 11 is 0. The fourth-order valence-electron chi connectivity index (χ4n) is 2.38. The second kappa shape index (κ2) is 3.27. The number of ether oxygens (including phenoxy) is 1. The molecule has 0 saturated carbocycles. The van der Waals surface area contributed by atoms with E-state index in [9.17, 15) is 0 Å². The molecule has 0 radical (unpaired) electrons. The van der Waals surface area contributed by atoms with Crippen molar-refractivity contribution in [2.24, 2.45) is 0 Å². The van der Waals surface area contributed by atoms with Gasteiger partial charge in [0.15, 0.2) is 17.3 Å². The Hall–Kier alpha value is -1.96. The predicted molar refractivity (Wildman–Crippen MR) is 59.2 cm³/mol. The first-order valence-corrected chi connectivity index (χ1v) is 5.39. The summed E-state index contributed by atoms with van der Waals surface area (Å²) in [5, 5.41) is 8.91. The van der Waals surface area contributed by atoms with Crippen LogP contribution in [0.25, 0.3) is 0 Å². The summed E-state index contributed by atoms with van der Waals surface area (Å²) in [6.45, 7) is 1.68. The van der Waals surface area contributed by atoms with Gasteiger partial charge in [-0.25, -0.2) is 4.98 Å². The quantitative estimate of drug-likeness (QED) is 0.697. The van der Waals surface area contributed by atoms with Crippen molar-refractivity contribution in [1.29, 1.82) is 5.26 Å². The van der Waals surface area contributed by atoms with Gasteiger partial charge in [-0.1, -0.05) is 0 Å². The highest BCUT2D eigenvalue weighted by molar-refractivity contribution is 5.65. The number of anilines is 2. The van der Waals surface area contributed by atoms with Gasteiger partial charge in [0, 0.05) is 12.6 Å². The number of pyridine rings is 1. The minimum atomic E-state index is 0.287. The van der Waals surface area contributed by atoms with Crippen LogP contribution in [-0.2, 0) is 0 Å². The number of aromatic nitrogens is 1. The van der Waals surface area contributed by atoms with Gasteiger partial charge >= 0.3 is 0 Å². The van der Waals surface area contributed by atoms with Crippen molar-refractivity contribution < 1.29 is 4.74 Å². The minimum Gasteiger partial charge on any atom is -0.487 e. The maximum atomic E-state index is 8.91. The summed E-state index contributed by atoms with van der Waals surface area (Å²) in [7, 11) is 0. The molecule has 5 heteroatoms. The molecule has 0 amide bonds. The Bertz CT molecular complexity index is 480. The Labute approximate surface area is 93.4 Å². The molecule has 3 rings (SSSR count). The molecule has 0 spiro atoms. The van der Waals surface area contributed by atoms with E-state index in [1.807, 2.05) is 6.07 Å². The van der Waals surface area contributed by atoms with Crippen LogP contribution < -0.4 is 15.4 Å². The normalized spacial score (nSPS) is 21.9. The van der Waals surface area contributed by atoms with Crippen LogP contribution in [0.2, 0.25) is 0 Å². The summed E-state index contributed by atoms with van der Waals surface area (Å²) in [6.07, 6.45) is 2.29. The van der Waals surface area contributed by atoms with E-state index >= 15 is 0 Å². The molecule has 1 aromatic rings. The third-order valence-corrected chi connectivity index (χ3v) is 3.18. The summed E-state index contributed by atoms with van der Waals surface area (Å²) in [4.78, 5) is 6.51. The Morgan fingerprint density at radius 3 is 3.31 bits per heavy atom. The van der Waals surface area contributed by atoms with Crippen LogP contribution in [-0.4, -0.2) is 24.2 Å². The van der Waals surface area contributed by atoms with Crippen LogP contribution >= 0.6 is 0 Å². The average Bonchev–Trinajstić information content (AvgIpc) is 2.76. The van der Waals surface area contributed by atoms with Gasteiger partial charge in [-0.3, -0.25) is 0 Å². The van der Waals surface area contributed by atoms with Gasteiger partial charge in [0.1, 0.15) is 12.7 Å². The van der Waals surface area contributed by atoms with Crippen LogP contribution in [0.5, 0.6) is 5.75 Å². The summed E-state index contributed by atoms with van der Waals surface area (Å²) in [5.74, 6) is 1.48. The van der Waals surface area contributed by atoms with Crippen molar-refractivity contribution in [1.82, 2.24) is 4.98 Å². The lowest BCUT2D eigenvalue weighted by Crippen LogP contribution is -2.38. The van der Waals surface area contributed by atoms with Gasteiger partial charge in [-0.05, 0) is 12.8 Å². The molecule has 1 saturated heterocycles. The van der Waals surface area contributed by atoms with Crippen LogP contribution in [0.1, 0.15) is 18.5 Å². The third kappa shape index (κ3) is 1.20. The number of fused-ring (bicyclic) bond motifs is 3. The molecule has 82 valence electrons. The topological polar surface area (TPSA) is 75.2 Å². The second-order valence-corrected chi connectivity index (χ2v) is 4.16. The molecule has 1 atom stereocenters. The number of hydrogen-bond donors (Lipinski definition) is 1. The van der Waals surface area contributed by atoms with Gasteiger partial charge in [0.25, 0.3) is 0 Å². The van der Waals surface area contributed by atoms with E-state index in [4.69, 9.17) is 15.7 Å². The molecule has 0 aliphatic carbocycles. The first-order valence-electron chi connectivity index (χ1n) is 5.39. The average molecular weight is 216 g/mol. The number of nitrogen functional groups attached to an aromatic ring is 1. The summed E-state index contributed by atoms with van der Waals surface area (Å²) < 4.78 is 5.62. The lowest BCUT2D eigenvalue weighted by Gasteiger charge is -2.32. The molecular weight excluding hydrogens is 204 g/mol. The molecule has 2 aliphatic rings. The van der Waals surface area contributed by atoms with Crippen LogP contribution in [0.4, 0.5) is 11.5 Å². The van der Waals surface area contributed by atoms with Crippen molar-refractivity contribution in [2.45, 2.75) is 18.9 Å². The molecular formula is C11H12N4O. The molecule has 0 unspecified atom stereocenters. The lowest BCUT2D eigenvalue weighted by atomic mass is 10.2. The van der Waals surface area contributed by atoms with Crippen molar-refractivity contribution in [3.8, 4) is 11.8 Å². The highest BCUT2D eigenvalue weighted by Gasteiger charge is 2.33. The van der Waals surface area contributed by atoms with Crippen LogP contribution in [0.15, 0.2) is 6.07 Å². The zero-order valence-electron chi connectivity index (χ0n) is 8.81. The smallest absolute Gasteiger partial charge is 0.173 e. The van der Waals surface area contributed by atoms with E-state index < -0.39 is 0 Å². The molecule has 5 nitrogen and oxygen atoms in total. The zero-order chi connectivity index (χ0) is 11.1. The van der Waals surface area contributed by atoms with Gasteiger partial charge in [0.05, 0.1) is 11.7 Å².